The monoisotopic (exact) mass is 435 g/mol. The number of hydrogen-bond donors (Lipinski definition) is 2. The van der Waals surface area contributed by atoms with Crippen molar-refractivity contribution in [2.75, 3.05) is 24.2 Å². The average molecular weight is 435 g/mol. The van der Waals surface area contributed by atoms with Gasteiger partial charge in [-0.2, -0.15) is 4.31 Å². The number of likely N-dealkylation sites (N-methyl/N-ethyl adjacent to an activating group) is 1. The molecule has 0 fully saturated rings. The number of benzene rings is 2. The van der Waals surface area contributed by atoms with Gasteiger partial charge in [-0.1, -0.05) is 6.07 Å². The van der Waals surface area contributed by atoms with Crippen LogP contribution in [0.1, 0.15) is 18.1 Å². The summed E-state index contributed by atoms with van der Waals surface area (Å²) in [5, 5.41) is 5.14. The first-order valence-corrected chi connectivity index (χ1v) is 10.6. The first-order chi connectivity index (χ1) is 14.0. The third kappa shape index (κ3) is 4.29. The number of sulfonamides is 1. The van der Waals surface area contributed by atoms with Crippen LogP contribution in [0.3, 0.4) is 0 Å². The number of aryl methyl sites for hydroxylation is 2. The molecule has 1 aliphatic heterocycles. The largest absolute Gasteiger partial charge is 0.479 e. The van der Waals surface area contributed by atoms with Crippen molar-refractivity contribution in [3.8, 4) is 5.75 Å². The van der Waals surface area contributed by atoms with Crippen molar-refractivity contribution in [2.24, 2.45) is 0 Å². The standard InChI is InChI=1S/C20H22FN3O5S/c1-11-5-6-14(8-15(11)21)22-19(25)10-24(4)30(27,28)18-9-17-16(7-12(18)2)23-20(26)13(3)29-17/h5-9,13H,10H2,1-4H3,(H,22,25)(H,23,26)/t13-/m0/s1. The molecular weight excluding hydrogens is 413 g/mol. The molecule has 2 N–H and O–H groups in total. The maximum Gasteiger partial charge on any atom is 0.265 e. The number of nitrogens with one attached hydrogen (secondary N) is 2. The Kier molecular flexibility index (Phi) is 5.82. The molecule has 0 aromatic heterocycles. The molecule has 160 valence electrons. The summed E-state index contributed by atoms with van der Waals surface area (Å²) in [6.07, 6.45) is -0.755. The van der Waals surface area contributed by atoms with Crippen LogP contribution in [0.25, 0.3) is 0 Å². The maximum absolute atomic E-state index is 13.6. The van der Waals surface area contributed by atoms with Gasteiger partial charge in [0.2, 0.25) is 15.9 Å². The van der Waals surface area contributed by atoms with Gasteiger partial charge in [-0.15, -0.1) is 0 Å². The highest BCUT2D eigenvalue weighted by Crippen LogP contribution is 2.35. The van der Waals surface area contributed by atoms with Crippen LogP contribution in [0, 0.1) is 19.7 Å². The third-order valence-corrected chi connectivity index (χ3v) is 6.66. The van der Waals surface area contributed by atoms with Gasteiger partial charge < -0.3 is 15.4 Å². The fraction of sp³-hybridized carbons (Fsp3) is 0.300. The van der Waals surface area contributed by atoms with E-state index >= 15 is 0 Å². The topological polar surface area (TPSA) is 105 Å². The molecule has 0 saturated carbocycles. The second kappa shape index (κ2) is 8.04. The molecule has 0 radical (unpaired) electrons. The highest BCUT2D eigenvalue weighted by molar-refractivity contribution is 7.89. The van der Waals surface area contributed by atoms with Crippen molar-refractivity contribution in [2.45, 2.75) is 31.8 Å². The highest BCUT2D eigenvalue weighted by Gasteiger charge is 2.30. The zero-order valence-corrected chi connectivity index (χ0v) is 17.8. The molecule has 30 heavy (non-hydrogen) atoms. The van der Waals surface area contributed by atoms with Gasteiger partial charge in [-0.05, 0) is 50.1 Å². The van der Waals surface area contributed by atoms with Crippen molar-refractivity contribution in [3.05, 3.63) is 47.3 Å². The first kappa shape index (κ1) is 21.7. The van der Waals surface area contributed by atoms with Crippen LogP contribution in [0.5, 0.6) is 5.75 Å². The Bertz CT molecular complexity index is 1130. The predicted octanol–water partition coefficient (Wildman–Crippen LogP) is 2.42. The Morgan fingerprint density at radius 3 is 2.60 bits per heavy atom. The molecule has 1 aliphatic rings. The van der Waals surface area contributed by atoms with Gasteiger partial charge in [0, 0.05) is 18.8 Å². The Morgan fingerprint density at radius 1 is 1.23 bits per heavy atom. The van der Waals surface area contributed by atoms with Crippen molar-refractivity contribution < 1.29 is 27.1 Å². The van der Waals surface area contributed by atoms with E-state index in [4.69, 9.17) is 4.74 Å². The third-order valence-electron chi connectivity index (χ3n) is 4.72. The molecule has 2 aromatic rings. The van der Waals surface area contributed by atoms with Gasteiger partial charge in [0.25, 0.3) is 5.91 Å². The SMILES string of the molecule is Cc1ccc(NC(=O)CN(C)S(=O)(=O)c2cc3c(cc2C)NC(=O)[C@H](C)O3)cc1F. The number of halogens is 1. The molecular formula is C20H22FN3O5S. The summed E-state index contributed by atoms with van der Waals surface area (Å²) in [7, 11) is -2.76. The molecule has 2 amide bonds. The number of rotatable bonds is 5. The van der Waals surface area contributed by atoms with E-state index in [-0.39, 0.29) is 22.2 Å². The molecule has 3 rings (SSSR count). The quantitative estimate of drug-likeness (QED) is 0.751. The lowest BCUT2D eigenvalue weighted by atomic mass is 10.1. The summed E-state index contributed by atoms with van der Waals surface area (Å²) in [5.74, 6) is -1.17. The van der Waals surface area contributed by atoms with E-state index in [1.165, 1.54) is 37.4 Å². The Morgan fingerprint density at radius 2 is 1.93 bits per heavy atom. The molecule has 2 aromatic carbocycles. The average Bonchev–Trinajstić information content (AvgIpc) is 2.65. The molecule has 0 spiro atoms. The number of fused-ring (bicyclic) bond motifs is 1. The van der Waals surface area contributed by atoms with E-state index in [2.05, 4.69) is 10.6 Å². The number of carbonyl (C=O) groups is 2. The van der Waals surface area contributed by atoms with Gasteiger partial charge >= 0.3 is 0 Å². The van der Waals surface area contributed by atoms with E-state index in [0.717, 1.165) is 4.31 Å². The molecule has 0 aliphatic carbocycles. The number of anilines is 2. The van der Waals surface area contributed by atoms with Crippen molar-refractivity contribution >= 4 is 33.2 Å². The lowest BCUT2D eigenvalue weighted by Crippen LogP contribution is -2.36. The molecule has 10 heteroatoms. The van der Waals surface area contributed by atoms with E-state index in [1.807, 2.05) is 0 Å². The zero-order chi connectivity index (χ0) is 22.2. The second-order valence-electron chi connectivity index (χ2n) is 7.14. The van der Waals surface area contributed by atoms with E-state index in [0.29, 0.717) is 16.8 Å². The van der Waals surface area contributed by atoms with Crippen LogP contribution >= 0.6 is 0 Å². The molecule has 8 nitrogen and oxygen atoms in total. The minimum Gasteiger partial charge on any atom is -0.479 e. The summed E-state index contributed by atoms with van der Waals surface area (Å²) in [5.41, 5.74) is 1.44. The van der Waals surface area contributed by atoms with Gasteiger partial charge in [-0.25, -0.2) is 12.8 Å². The van der Waals surface area contributed by atoms with E-state index in [1.54, 1.807) is 20.8 Å². The lowest BCUT2D eigenvalue weighted by molar-refractivity contribution is -0.122. The first-order valence-electron chi connectivity index (χ1n) is 9.13. The van der Waals surface area contributed by atoms with Gasteiger partial charge in [0.1, 0.15) is 11.6 Å². The minimum atomic E-state index is -4.03. The Balaban J connectivity index is 1.79. The summed E-state index contributed by atoms with van der Waals surface area (Å²) >= 11 is 0. The van der Waals surface area contributed by atoms with Gasteiger partial charge in [0.15, 0.2) is 6.10 Å². The Hall–Kier alpha value is -2.98. The van der Waals surface area contributed by atoms with Crippen molar-refractivity contribution in [1.82, 2.24) is 4.31 Å². The number of nitrogens with zero attached hydrogens (tertiary/aromatic N) is 1. The summed E-state index contributed by atoms with van der Waals surface area (Å²) in [6.45, 7) is 4.26. The van der Waals surface area contributed by atoms with Crippen LogP contribution < -0.4 is 15.4 Å². The molecule has 1 heterocycles. The summed E-state index contributed by atoms with van der Waals surface area (Å²) < 4.78 is 46.1. The smallest absolute Gasteiger partial charge is 0.265 e. The van der Waals surface area contributed by atoms with E-state index in [9.17, 15) is 22.4 Å². The highest BCUT2D eigenvalue weighted by atomic mass is 32.2. The number of hydrogen-bond acceptors (Lipinski definition) is 5. The normalized spacial score (nSPS) is 15.9. The number of carbonyl (C=O) groups excluding carboxylic acids is 2. The van der Waals surface area contributed by atoms with Crippen LogP contribution in [0.2, 0.25) is 0 Å². The van der Waals surface area contributed by atoms with Crippen molar-refractivity contribution in [3.63, 3.8) is 0 Å². The van der Waals surface area contributed by atoms with Gasteiger partial charge in [-0.3, -0.25) is 9.59 Å². The number of ether oxygens (including phenoxy) is 1. The van der Waals surface area contributed by atoms with Gasteiger partial charge in [0.05, 0.1) is 17.1 Å². The minimum absolute atomic E-state index is 0.0405. The van der Waals surface area contributed by atoms with Crippen LogP contribution in [-0.4, -0.2) is 44.2 Å². The Labute approximate surface area is 174 Å². The summed E-state index contributed by atoms with van der Waals surface area (Å²) in [6, 6.07) is 7.06. The van der Waals surface area contributed by atoms with Crippen LogP contribution in [0.4, 0.5) is 15.8 Å². The molecule has 0 unspecified atom stereocenters. The summed E-state index contributed by atoms with van der Waals surface area (Å²) in [4.78, 5) is 24.0. The van der Waals surface area contributed by atoms with E-state index < -0.39 is 34.4 Å². The predicted molar refractivity (Wildman–Crippen MR) is 109 cm³/mol. The second-order valence-corrected chi connectivity index (χ2v) is 9.15. The molecule has 1 atom stereocenters. The fourth-order valence-corrected chi connectivity index (χ4v) is 4.29. The number of amides is 2. The lowest BCUT2D eigenvalue weighted by Gasteiger charge is -2.25. The molecule has 0 saturated heterocycles. The fourth-order valence-electron chi connectivity index (χ4n) is 2.95. The maximum atomic E-state index is 13.6. The zero-order valence-electron chi connectivity index (χ0n) is 16.9. The van der Waals surface area contributed by atoms with Crippen LogP contribution in [-0.2, 0) is 19.6 Å². The van der Waals surface area contributed by atoms with Crippen LogP contribution in [0.15, 0.2) is 35.2 Å². The molecule has 0 bridgehead atoms. The van der Waals surface area contributed by atoms with Crippen molar-refractivity contribution in [1.29, 1.82) is 0 Å².